The second kappa shape index (κ2) is 6.76. The fraction of sp³-hybridized carbons (Fsp3) is 0.400. The maximum Gasteiger partial charge on any atom is 0.241 e. The summed E-state index contributed by atoms with van der Waals surface area (Å²) in [7, 11) is -3.55. The maximum atomic E-state index is 12.6. The fourth-order valence-electron chi connectivity index (χ4n) is 2.71. The van der Waals surface area contributed by atoms with Crippen molar-refractivity contribution in [2.45, 2.75) is 30.7 Å². The summed E-state index contributed by atoms with van der Waals surface area (Å²) in [6.45, 7) is 3.38. The van der Waals surface area contributed by atoms with Crippen molar-refractivity contribution in [2.24, 2.45) is 0 Å². The molecule has 1 saturated heterocycles. The van der Waals surface area contributed by atoms with Gasteiger partial charge in [-0.05, 0) is 37.5 Å². The van der Waals surface area contributed by atoms with Crippen LogP contribution in [0.4, 0.5) is 5.13 Å². The molecule has 0 aliphatic carbocycles. The molecule has 1 fully saturated rings. The first kappa shape index (κ1) is 16.7. The van der Waals surface area contributed by atoms with Crippen LogP contribution in [0, 0.1) is 6.92 Å². The summed E-state index contributed by atoms with van der Waals surface area (Å²) >= 11 is 7.54. The van der Waals surface area contributed by atoms with Gasteiger partial charge in [0.2, 0.25) is 10.0 Å². The minimum absolute atomic E-state index is 0.0606. The number of sulfonamides is 1. The number of hydrogen-bond acceptors (Lipinski definition) is 5. The molecular formula is C15H18ClN3O2S2. The first-order valence-electron chi connectivity index (χ1n) is 7.38. The molecule has 0 saturated carbocycles. The molecule has 1 aliphatic heterocycles. The zero-order valence-corrected chi connectivity index (χ0v) is 15.1. The van der Waals surface area contributed by atoms with Gasteiger partial charge in [0, 0.05) is 35.7 Å². The number of hydrogen-bond donors (Lipinski definition) is 1. The van der Waals surface area contributed by atoms with Gasteiger partial charge in [-0.2, -0.15) is 0 Å². The van der Waals surface area contributed by atoms with Crippen LogP contribution in [0.3, 0.4) is 0 Å². The van der Waals surface area contributed by atoms with Gasteiger partial charge < -0.3 is 4.90 Å². The molecule has 2 heterocycles. The number of piperidine rings is 1. The topological polar surface area (TPSA) is 62.3 Å². The lowest BCUT2D eigenvalue weighted by Crippen LogP contribution is -2.44. The highest BCUT2D eigenvalue weighted by Crippen LogP contribution is 2.24. The van der Waals surface area contributed by atoms with Gasteiger partial charge in [0.15, 0.2) is 5.13 Å². The Kier molecular flexibility index (Phi) is 4.91. The predicted octanol–water partition coefficient (Wildman–Crippen LogP) is 3.05. The molecule has 0 atom stereocenters. The van der Waals surface area contributed by atoms with E-state index in [1.165, 1.54) is 6.07 Å². The zero-order valence-electron chi connectivity index (χ0n) is 12.7. The molecule has 0 bridgehead atoms. The van der Waals surface area contributed by atoms with Gasteiger partial charge in [-0.1, -0.05) is 17.7 Å². The van der Waals surface area contributed by atoms with E-state index in [1.807, 2.05) is 5.38 Å². The van der Waals surface area contributed by atoms with E-state index in [0.717, 1.165) is 31.1 Å². The van der Waals surface area contributed by atoms with Crippen LogP contribution in [-0.4, -0.2) is 32.5 Å². The summed E-state index contributed by atoms with van der Waals surface area (Å²) in [4.78, 5) is 6.75. The van der Waals surface area contributed by atoms with E-state index in [1.54, 1.807) is 36.6 Å². The lowest BCUT2D eigenvalue weighted by molar-refractivity contribution is 0.459. The van der Waals surface area contributed by atoms with Gasteiger partial charge in [0.25, 0.3) is 0 Å². The standard InChI is InChI=1S/C15H18ClN3O2S2/c1-11-2-3-12(16)10-14(11)23(20,21)18-13-4-7-19(8-5-13)15-17-6-9-22-15/h2-3,6,9-10,13,18H,4-5,7-8H2,1H3. The highest BCUT2D eigenvalue weighted by Gasteiger charge is 2.26. The summed E-state index contributed by atoms with van der Waals surface area (Å²) in [6.07, 6.45) is 3.31. The van der Waals surface area contributed by atoms with Crippen LogP contribution in [0.25, 0.3) is 0 Å². The Bertz CT molecular complexity index is 770. The minimum atomic E-state index is -3.55. The average molecular weight is 372 g/mol. The Morgan fingerprint density at radius 3 is 2.74 bits per heavy atom. The largest absolute Gasteiger partial charge is 0.348 e. The quantitative estimate of drug-likeness (QED) is 0.897. The van der Waals surface area contributed by atoms with E-state index in [9.17, 15) is 8.42 Å². The third kappa shape index (κ3) is 3.85. The smallest absolute Gasteiger partial charge is 0.241 e. The van der Waals surface area contributed by atoms with Gasteiger partial charge in [0.1, 0.15) is 0 Å². The third-order valence-electron chi connectivity index (χ3n) is 3.95. The maximum absolute atomic E-state index is 12.6. The fourth-order valence-corrected chi connectivity index (χ4v) is 5.22. The number of aromatic nitrogens is 1. The van der Waals surface area contributed by atoms with Crippen molar-refractivity contribution in [1.29, 1.82) is 0 Å². The molecule has 1 aliphatic rings. The van der Waals surface area contributed by atoms with Crippen molar-refractivity contribution < 1.29 is 8.42 Å². The van der Waals surface area contributed by atoms with Gasteiger partial charge in [-0.25, -0.2) is 18.1 Å². The monoisotopic (exact) mass is 371 g/mol. The average Bonchev–Trinajstić information content (AvgIpc) is 3.04. The molecule has 124 valence electrons. The van der Waals surface area contributed by atoms with Crippen LogP contribution >= 0.6 is 22.9 Å². The molecular weight excluding hydrogens is 354 g/mol. The number of benzene rings is 1. The molecule has 1 aromatic carbocycles. The minimum Gasteiger partial charge on any atom is -0.348 e. The van der Waals surface area contributed by atoms with Crippen LogP contribution < -0.4 is 9.62 Å². The van der Waals surface area contributed by atoms with Crippen molar-refractivity contribution in [3.8, 4) is 0 Å². The molecule has 5 nitrogen and oxygen atoms in total. The molecule has 23 heavy (non-hydrogen) atoms. The molecule has 2 aromatic rings. The summed E-state index contributed by atoms with van der Waals surface area (Å²) in [6, 6.07) is 4.86. The Hall–Kier alpha value is -1.15. The first-order chi connectivity index (χ1) is 11.0. The third-order valence-corrected chi connectivity index (χ3v) is 6.68. The van der Waals surface area contributed by atoms with Gasteiger partial charge in [-0.3, -0.25) is 0 Å². The molecule has 8 heteroatoms. The lowest BCUT2D eigenvalue weighted by Gasteiger charge is -2.32. The van der Waals surface area contributed by atoms with Gasteiger partial charge >= 0.3 is 0 Å². The highest BCUT2D eigenvalue weighted by atomic mass is 35.5. The Labute approximate surface area is 145 Å². The molecule has 0 radical (unpaired) electrons. The highest BCUT2D eigenvalue weighted by molar-refractivity contribution is 7.89. The normalized spacial score (nSPS) is 16.7. The second-order valence-corrected chi connectivity index (χ2v) is 8.60. The van der Waals surface area contributed by atoms with E-state index in [2.05, 4.69) is 14.6 Å². The van der Waals surface area contributed by atoms with Crippen LogP contribution in [0.1, 0.15) is 18.4 Å². The summed E-state index contributed by atoms with van der Waals surface area (Å²) in [5, 5.41) is 3.37. The lowest BCUT2D eigenvalue weighted by atomic mass is 10.1. The van der Waals surface area contributed by atoms with Crippen LogP contribution in [0.2, 0.25) is 5.02 Å². The number of aryl methyl sites for hydroxylation is 1. The SMILES string of the molecule is Cc1ccc(Cl)cc1S(=O)(=O)NC1CCN(c2nccs2)CC1. The predicted molar refractivity (Wildman–Crippen MR) is 93.9 cm³/mol. The van der Waals surface area contributed by atoms with Gasteiger partial charge in [0.05, 0.1) is 4.90 Å². The number of nitrogens with one attached hydrogen (secondary N) is 1. The molecule has 0 unspecified atom stereocenters. The number of anilines is 1. The number of rotatable bonds is 4. The van der Waals surface area contributed by atoms with E-state index >= 15 is 0 Å². The van der Waals surface area contributed by atoms with E-state index in [0.29, 0.717) is 10.6 Å². The molecule has 1 N–H and O–H groups in total. The van der Waals surface area contributed by atoms with Crippen molar-refractivity contribution in [3.05, 3.63) is 40.4 Å². The summed E-state index contributed by atoms with van der Waals surface area (Å²) in [5.41, 5.74) is 0.696. The van der Waals surface area contributed by atoms with E-state index in [-0.39, 0.29) is 10.9 Å². The van der Waals surface area contributed by atoms with E-state index < -0.39 is 10.0 Å². The Morgan fingerprint density at radius 1 is 1.35 bits per heavy atom. The van der Waals surface area contributed by atoms with Crippen LogP contribution in [0.5, 0.6) is 0 Å². The Morgan fingerprint density at radius 2 is 2.09 bits per heavy atom. The number of halogens is 1. The van der Waals surface area contributed by atoms with E-state index in [4.69, 9.17) is 11.6 Å². The van der Waals surface area contributed by atoms with Crippen molar-refractivity contribution in [3.63, 3.8) is 0 Å². The number of thiazole rings is 1. The second-order valence-electron chi connectivity index (χ2n) is 5.61. The van der Waals surface area contributed by atoms with Crippen molar-refractivity contribution in [1.82, 2.24) is 9.71 Å². The summed E-state index contributed by atoms with van der Waals surface area (Å²) in [5.74, 6) is 0. The van der Waals surface area contributed by atoms with Crippen molar-refractivity contribution >= 4 is 38.1 Å². The summed E-state index contributed by atoms with van der Waals surface area (Å²) < 4.78 is 28.0. The molecule has 1 aromatic heterocycles. The first-order valence-corrected chi connectivity index (χ1v) is 10.1. The van der Waals surface area contributed by atoms with Crippen LogP contribution in [0.15, 0.2) is 34.7 Å². The van der Waals surface area contributed by atoms with Gasteiger partial charge in [-0.15, -0.1) is 11.3 Å². The number of nitrogens with zero attached hydrogens (tertiary/aromatic N) is 2. The molecule has 3 rings (SSSR count). The van der Waals surface area contributed by atoms with Crippen molar-refractivity contribution in [2.75, 3.05) is 18.0 Å². The zero-order chi connectivity index (χ0) is 16.4. The van der Waals surface area contributed by atoms with Crippen LogP contribution in [-0.2, 0) is 10.0 Å². The Balaban J connectivity index is 1.67. The molecule has 0 amide bonds. The molecule has 0 spiro atoms.